The Kier molecular flexibility index (Phi) is 1.16. The van der Waals surface area contributed by atoms with Gasteiger partial charge in [0.2, 0.25) is 0 Å². The van der Waals surface area contributed by atoms with Gasteiger partial charge in [-0.15, -0.1) is 0 Å². The van der Waals surface area contributed by atoms with Crippen LogP contribution in [0.2, 0.25) is 0 Å². The van der Waals surface area contributed by atoms with Crippen molar-refractivity contribution >= 4 is 0 Å². The minimum atomic E-state index is -2.38. The number of hydrogen-bond donors (Lipinski definition) is 1. The summed E-state index contributed by atoms with van der Waals surface area (Å²) in [5, 5.41) is 8.79. The third-order valence-corrected chi connectivity index (χ3v) is 0.973. The molecule has 0 saturated carbocycles. The number of hydrogen-bond acceptors (Lipinski definition) is 1. The first-order valence-electron chi connectivity index (χ1n) is 3.48. The highest BCUT2D eigenvalue weighted by Crippen LogP contribution is 2.00. The lowest BCUT2D eigenvalue weighted by Crippen LogP contribution is -1.81. The summed E-state index contributed by atoms with van der Waals surface area (Å²) in [6.07, 6.45) is 0. The Labute approximate surface area is 55.6 Å². The molecule has 0 spiro atoms. The van der Waals surface area contributed by atoms with E-state index in [4.69, 9.17) is 7.85 Å². The number of aliphatic hydroxyl groups is 1. The molecule has 0 amide bonds. The first kappa shape index (κ1) is 4.01. The molecule has 0 radical (unpaired) electrons. The summed E-state index contributed by atoms with van der Waals surface area (Å²) in [5.41, 5.74) is 0.0545. The minimum absolute atomic E-state index is 0.0545. The van der Waals surface area contributed by atoms with Crippen LogP contribution in [-0.2, 0) is 6.56 Å². The van der Waals surface area contributed by atoms with Gasteiger partial charge in [0.1, 0.15) is 5.82 Å². The van der Waals surface area contributed by atoms with Crippen molar-refractivity contribution in [1.82, 2.24) is 0 Å². The second-order valence-corrected chi connectivity index (χ2v) is 1.62. The van der Waals surface area contributed by atoms with Gasteiger partial charge in [-0.2, -0.15) is 0 Å². The summed E-state index contributed by atoms with van der Waals surface area (Å²) >= 11 is 0. The van der Waals surface area contributed by atoms with Crippen molar-refractivity contribution in [2.75, 3.05) is 0 Å². The van der Waals surface area contributed by atoms with E-state index in [1.54, 1.807) is 0 Å². The fourth-order valence-electron chi connectivity index (χ4n) is 0.524. The Morgan fingerprint density at radius 2 is 2.00 bits per heavy atom. The molecule has 9 heavy (non-hydrogen) atoms. The van der Waals surface area contributed by atoms with Gasteiger partial charge in [-0.05, 0) is 17.7 Å². The molecule has 1 aromatic carbocycles. The van der Waals surface area contributed by atoms with Crippen molar-refractivity contribution in [3.05, 3.63) is 35.6 Å². The third kappa shape index (κ3) is 1.50. The van der Waals surface area contributed by atoms with Crippen molar-refractivity contribution in [3.63, 3.8) is 0 Å². The van der Waals surface area contributed by atoms with E-state index < -0.39 is 12.4 Å². The minimum Gasteiger partial charge on any atom is -0.392 e. The molecule has 0 aromatic heterocycles. The van der Waals surface area contributed by atoms with Crippen LogP contribution in [0.5, 0.6) is 0 Å². The molecule has 1 rings (SSSR count). The molecular formula is C7H7FO. The average Bonchev–Trinajstić information content (AvgIpc) is 1.86. The zero-order valence-electron chi connectivity index (χ0n) is 6.63. The smallest absolute Gasteiger partial charge is 0.123 e. The Morgan fingerprint density at radius 3 is 2.44 bits per heavy atom. The Bertz CT molecular complexity index is 240. The van der Waals surface area contributed by atoms with Gasteiger partial charge < -0.3 is 5.11 Å². The Hall–Kier alpha value is -0.890. The van der Waals surface area contributed by atoms with Crippen LogP contribution in [0.25, 0.3) is 0 Å². The van der Waals surface area contributed by atoms with Crippen LogP contribution in [-0.4, -0.2) is 5.11 Å². The highest BCUT2D eigenvalue weighted by Gasteiger charge is 1.88. The lowest BCUT2D eigenvalue weighted by molar-refractivity contribution is 0.281. The topological polar surface area (TPSA) is 20.2 Å². The zero-order valence-corrected chi connectivity index (χ0v) is 4.63. The van der Waals surface area contributed by atoms with E-state index in [1.165, 1.54) is 12.1 Å². The molecule has 0 bridgehead atoms. The molecule has 1 nitrogen and oxygen atoms in total. The lowest BCUT2D eigenvalue weighted by atomic mass is 10.2. The SMILES string of the molecule is [2H]C([2H])(O)c1ccc(F)cc1. The van der Waals surface area contributed by atoms with Crippen molar-refractivity contribution in [1.29, 1.82) is 0 Å². The van der Waals surface area contributed by atoms with Gasteiger partial charge in [0, 0.05) is 0 Å². The van der Waals surface area contributed by atoms with E-state index in [-0.39, 0.29) is 5.56 Å². The fraction of sp³-hybridized carbons (Fsp3) is 0.143. The standard InChI is InChI=1S/C7H7FO/c8-7-3-1-6(5-9)2-4-7/h1-4,9H,5H2/i5D2. The predicted molar refractivity (Wildman–Crippen MR) is 32.3 cm³/mol. The van der Waals surface area contributed by atoms with Gasteiger partial charge in [0.05, 0.1) is 9.30 Å². The number of rotatable bonds is 1. The van der Waals surface area contributed by atoms with Gasteiger partial charge in [-0.1, -0.05) is 12.1 Å². The summed E-state index contributed by atoms with van der Waals surface area (Å²) in [7, 11) is 0. The molecule has 0 aliphatic heterocycles. The van der Waals surface area contributed by atoms with Crippen molar-refractivity contribution < 1.29 is 12.2 Å². The Balaban J connectivity index is 2.99. The monoisotopic (exact) mass is 128 g/mol. The van der Waals surface area contributed by atoms with Crippen LogP contribution in [0.4, 0.5) is 4.39 Å². The molecule has 2 heteroatoms. The van der Waals surface area contributed by atoms with E-state index in [2.05, 4.69) is 0 Å². The van der Waals surface area contributed by atoms with Crippen molar-refractivity contribution in [3.8, 4) is 0 Å². The van der Waals surface area contributed by atoms with Gasteiger partial charge in [-0.3, -0.25) is 0 Å². The summed E-state index contributed by atoms with van der Waals surface area (Å²) < 4.78 is 26.0. The highest BCUT2D eigenvalue weighted by molar-refractivity contribution is 5.14. The zero-order chi connectivity index (χ0) is 8.48. The molecule has 1 N–H and O–H groups in total. The van der Waals surface area contributed by atoms with Crippen LogP contribution in [0.3, 0.4) is 0 Å². The van der Waals surface area contributed by atoms with Crippen molar-refractivity contribution in [2.45, 2.75) is 6.56 Å². The third-order valence-electron chi connectivity index (χ3n) is 0.973. The maximum absolute atomic E-state index is 12.3. The molecule has 0 unspecified atom stereocenters. The van der Waals surface area contributed by atoms with Crippen LogP contribution in [0, 0.1) is 5.82 Å². The maximum Gasteiger partial charge on any atom is 0.123 e. The van der Waals surface area contributed by atoms with Crippen LogP contribution < -0.4 is 0 Å². The first-order valence-corrected chi connectivity index (χ1v) is 2.48. The molecule has 0 aliphatic carbocycles. The second kappa shape index (κ2) is 2.60. The summed E-state index contributed by atoms with van der Waals surface area (Å²) in [4.78, 5) is 0. The van der Waals surface area contributed by atoms with Crippen molar-refractivity contribution in [2.24, 2.45) is 0 Å². The quantitative estimate of drug-likeness (QED) is 0.604. The van der Waals surface area contributed by atoms with Gasteiger partial charge >= 0.3 is 0 Å². The van der Waals surface area contributed by atoms with Crippen LogP contribution in [0.15, 0.2) is 24.3 Å². The molecule has 0 saturated heterocycles. The molecule has 0 heterocycles. The number of benzene rings is 1. The van der Waals surface area contributed by atoms with Crippen LogP contribution in [0.1, 0.15) is 8.30 Å². The number of halogens is 1. The average molecular weight is 128 g/mol. The largest absolute Gasteiger partial charge is 0.392 e. The van der Waals surface area contributed by atoms with Gasteiger partial charge in [0.25, 0.3) is 0 Å². The normalized spacial score (nSPS) is 14.4. The molecule has 0 fully saturated rings. The van der Waals surface area contributed by atoms with E-state index in [9.17, 15) is 4.39 Å². The second-order valence-electron chi connectivity index (χ2n) is 1.62. The first-order chi connectivity index (χ1) is 5.00. The molecule has 1 aromatic rings. The molecule has 0 atom stereocenters. The van der Waals surface area contributed by atoms with Crippen LogP contribution >= 0.6 is 0 Å². The summed E-state index contributed by atoms with van der Waals surface area (Å²) in [6.45, 7) is -2.38. The molecular weight excluding hydrogens is 119 g/mol. The lowest BCUT2D eigenvalue weighted by Gasteiger charge is -1.91. The Morgan fingerprint density at radius 1 is 1.44 bits per heavy atom. The maximum atomic E-state index is 12.3. The van der Waals surface area contributed by atoms with E-state index in [1.807, 2.05) is 0 Å². The van der Waals surface area contributed by atoms with E-state index >= 15 is 0 Å². The van der Waals surface area contributed by atoms with Gasteiger partial charge in [0.15, 0.2) is 0 Å². The summed E-state index contributed by atoms with van der Waals surface area (Å²) in [5.74, 6) is -0.446. The van der Waals surface area contributed by atoms with E-state index in [0.717, 1.165) is 12.1 Å². The predicted octanol–water partition coefficient (Wildman–Crippen LogP) is 1.32. The van der Waals surface area contributed by atoms with Gasteiger partial charge in [-0.25, -0.2) is 4.39 Å². The highest BCUT2D eigenvalue weighted by atomic mass is 19.1. The summed E-state index contributed by atoms with van der Waals surface area (Å²) in [6, 6.07) is 4.61. The molecule has 48 valence electrons. The molecule has 0 aliphatic rings. The fourth-order valence-corrected chi connectivity index (χ4v) is 0.524. The van der Waals surface area contributed by atoms with E-state index in [0.29, 0.717) is 0 Å².